The van der Waals surface area contributed by atoms with E-state index in [0.29, 0.717) is 23.7 Å². The van der Waals surface area contributed by atoms with E-state index in [1.807, 2.05) is 36.4 Å². The van der Waals surface area contributed by atoms with Crippen molar-refractivity contribution < 1.29 is 9.32 Å². The van der Waals surface area contributed by atoms with Crippen LogP contribution in [0.3, 0.4) is 0 Å². The van der Waals surface area contributed by atoms with E-state index in [4.69, 9.17) is 4.52 Å². The topological polar surface area (TPSA) is 68.0 Å². The zero-order valence-corrected chi connectivity index (χ0v) is 12.6. The van der Waals surface area contributed by atoms with Crippen LogP contribution >= 0.6 is 0 Å². The van der Waals surface area contributed by atoms with Gasteiger partial charge in [0.15, 0.2) is 5.82 Å². The van der Waals surface area contributed by atoms with Crippen LogP contribution in [0.5, 0.6) is 0 Å². The molecule has 116 valence electrons. The van der Waals surface area contributed by atoms with Crippen LogP contribution in [0.4, 0.5) is 0 Å². The van der Waals surface area contributed by atoms with Crippen LogP contribution < -0.4 is 5.32 Å². The zero-order chi connectivity index (χ0) is 15.9. The molecule has 5 nitrogen and oxygen atoms in total. The number of nitrogens with zero attached hydrogens (tertiary/aromatic N) is 2. The first kappa shape index (κ1) is 15.0. The van der Waals surface area contributed by atoms with E-state index in [-0.39, 0.29) is 12.5 Å². The van der Waals surface area contributed by atoms with Crippen molar-refractivity contribution in [2.24, 2.45) is 0 Å². The fourth-order valence-electron chi connectivity index (χ4n) is 2.21. The molecule has 0 saturated heterocycles. The van der Waals surface area contributed by atoms with E-state index in [9.17, 15) is 4.79 Å². The van der Waals surface area contributed by atoms with Gasteiger partial charge in [-0.25, -0.2) is 0 Å². The van der Waals surface area contributed by atoms with Gasteiger partial charge in [0.05, 0.1) is 6.54 Å². The van der Waals surface area contributed by atoms with Gasteiger partial charge in [0.2, 0.25) is 5.89 Å². The van der Waals surface area contributed by atoms with Crippen LogP contribution in [0.1, 0.15) is 27.6 Å². The predicted octanol–water partition coefficient (Wildman–Crippen LogP) is 2.78. The Kier molecular flexibility index (Phi) is 4.79. The van der Waals surface area contributed by atoms with Gasteiger partial charge in [0, 0.05) is 12.0 Å². The van der Waals surface area contributed by atoms with Gasteiger partial charge in [-0.05, 0) is 24.1 Å². The van der Waals surface area contributed by atoms with E-state index in [1.165, 1.54) is 5.56 Å². The Morgan fingerprint density at radius 1 is 0.957 bits per heavy atom. The highest BCUT2D eigenvalue weighted by Crippen LogP contribution is 2.06. The van der Waals surface area contributed by atoms with Gasteiger partial charge >= 0.3 is 0 Å². The molecule has 0 unspecified atom stereocenters. The monoisotopic (exact) mass is 307 g/mol. The van der Waals surface area contributed by atoms with E-state index >= 15 is 0 Å². The van der Waals surface area contributed by atoms with E-state index in [0.717, 1.165) is 6.42 Å². The van der Waals surface area contributed by atoms with Crippen LogP contribution in [0.15, 0.2) is 65.2 Å². The second kappa shape index (κ2) is 7.35. The Morgan fingerprint density at radius 2 is 1.65 bits per heavy atom. The maximum Gasteiger partial charge on any atom is 0.251 e. The highest BCUT2D eigenvalue weighted by molar-refractivity contribution is 5.93. The molecule has 0 saturated carbocycles. The highest BCUT2D eigenvalue weighted by Gasteiger charge is 2.09. The Hall–Kier alpha value is -2.95. The van der Waals surface area contributed by atoms with Gasteiger partial charge in [-0.15, -0.1) is 0 Å². The maximum absolute atomic E-state index is 11.9. The number of hydrogen-bond donors (Lipinski definition) is 1. The number of carbonyl (C=O) groups excluding carboxylic acids is 1. The van der Waals surface area contributed by atoms with Crippen molar-refractivity contribution in [2.75, 3.05) is 0 Å². The van der Waals surface area contributed by atoms with Crippen LogP contribution in [0.25, 0.3) is 0 Å². The summed E-state index contributed by atoms with van der Waals surface area (Å²) >= 11 is 0. The number of amides is 1. The number of benzene rings is 2. The molecule has 3 aromatic rings. The minimum absolute atomic E-state index is 0.152. The third kappa shape index (κ3) is 4.26. The Labute approximate surface area is 134 Å². The molecule has 0 fully saturated rings. The average Bonchev–Trinajstić information content (AvgIpc) is 3.07. The molecule has 0 aliphatic rings. The van der Waals surface area contributed by atoms with E-state index < -0.39 is 0 Å². The number of rotatable bonds is 6. The lowest BCUT2D eigenvalue weighted by Gasteiger charge is -2.01. The summed E-state index contributed by atoms with van der Waals surface area (Å²) in [6.07, 6.45) is 1.53. The second-order valence-corrected chi connectivity index (χ2v) is 5.14. The maximum atomic E-state index is 11.9. The zero-order valence-electron chi connectivity index (χ0n) is 12.6. The quantitative estimate of drug-likeness (QED) is 0.760. The lowest BCUT2D eigenvalue weighted by molar-refractivity contribution is 0.0949. The van der Waals surface area contributed by atoms with Gasteiger partial charge in [0.25, 0.3) is 5.91 Å². The molecule has 1 amide bonds. The molecule has 3 rings (SSSR count). The largest absolute Gasteiger partial charge is 0.345 e. The summed E-state index contributed by atoms with van der Waals surface area (Å²) in [5, 5.41) is 6.67. The van der Waals surface area contributed by atoms with Gasteiger partial charge < -0.3 is 9.84 Å². The first-order valence-electron chi connectivity index (χ1n) is 7.50. The van der Waals surface area contributed by atoms with Crippen LogP contribution in [0.2, 0.25) is 0 Å². The van der Waals surface area contributed by atoms with Crippen molar-refractivity contribution >= 4 is 5.91 Å². The fourth-order valence-corrected chi connectivity index (χ4v) is 2.21. The van der Waals surface area contributed by atoms with Crippen molar-refractivity contribution in [1.82, 2.24) is 15.5 Å². The van der Waals surface area contributed by atoms with Gasteiger partial charge in [-0.2, -0.15) is 4.98 Å². The Bertz CT molecular complexity index is 754. The molecule has 23 heavy (non-hydrogen) atoms. The molecular formula is C18H17N3O2. The van der Waals surface area contributed by atoms with Crippen molar-refractivity contribution in [3.8, 4) is 0 Å². The van der Waals surface area contributed by atoms with Gasteiger partial charge in [-0.3, -0.25) is 4.79 Å². The summed E-state index contributed by atoms with van der Waals surface area (Å²) in [6, 6.07) is 19.2. The predicted molar refractivity (Wildman–Crippen MR) is 85.8 cm³/mol. The molecule has 1 heterocycles. The first-order chi connectivity index (χ1) is 11.3. The SMILES string of the molecule is O=C(NCc1noc(CCc2ccccc2)n1)c1ccccc1. The molecule has 5 heteroatoms. The molecule has 0 atom stereocenters. The molecule has 0 bridgehead atoms. The molecular weight excluding hydrogens is 290 g/mol. The minimum atomic E-state index is -0.152. The summed E-state index contributed by atoms with van der Waals surface area (Å²) in [7, 11) is 0. The number of nitrogens with one attached hydrogen (secondary N) is 1. The molecule has 0 spiro atoms. The summed E-state index contributed by atoms with van der Waals surface area (Å²) < 4.78 is 5.21. The fraction of sp³-hybridized carbons (Fsp3) is 0.167. The first-order valence-corrected chi connectivity index (χ1v) is 7.50. The second-order valence-electron chi connectivity index (χ2n) is 5.14. The molecule has 1 N–H and O–H groups in total. The summed E-state index contributed by atoms with van der Waals surface area (Å²) in [5.74, 6) is 0.913. The standard InChI is InChI=1S/C18H17N3O2/c22-18(15-9-5-2-6-10-15)19-13-16-20-17(23-21-16)12-11-14-7-3-1-4-8-14/h1-10H,11-13H2,(H,19,22). The van der Waals surface area contributed by atoms with Gasteiger partial charge in [-0.1, -0.05) is 53.7 Å². The molecule has 0 aliphatic heterocycles. The third-order valence-electron chi connectivity index (χ3n) is 3.42. The number of aryl methyl sites for hydroxylation is 2. The summed E-state index contributed by atoms with van der Waals surface area (Å²) in [4.78, 5) is 16.2. The van der Waals surface area contributed by atoms with E-state index in [1.54, 1.807) is 12.1 Å². The smallest absolute Gasteiger partial charge is 0.251 e. The van der Waals surface area contributed by atoms with Crippen LogP contribution in [0, 0.1) is 0 Å². The number of hydrogen-bond acceptors (Lipinski definition) is 4. The Balaban J connectivity index is 1.50. The molecule has 2 aromatic carbocycles. The van der Waals surface area contributed by atoms with Crippen molar-refractivity contribution in [3.05, 3.63) is 83.5 Å². The van der Waals surface area contributed by atoms with Crippen LogP contribution in [-0.2, 0) is 19.4 Å². The number of carbonyl (C=O) groups is 1. The van der Waals surface area contributed by atoms with Crippen LogP contribution in [-0.4, -0.2) is 16.0 Å². The molecule has 1 aromatic heterocycles. The minimum Gasteiger partial charge on any atom is -0.345 e. The average molecular weight is 307 g/mol. The summed E-state index contributed by atoms with van der Waals surface area (Å²) in [5.41, 5.74) is 1.84. The highest BCUT2D eigenvalue weighted by atomic mass is 16.5. The molecule has 0 radical (unpaired) electrons. The molecule has 0 aliphatic carbocycles. The van der Waals surface area contributed by atoms with Crippen molar-refractivity contribution in [2.45, 2.75) is 19.4 Å². The number of aromatic nitrogens is 2. The van der Waals surface area contributed by atoms with Gasteiger partial charge in [0.1, 0.15) is 0 Å². The Morgan fingerprint density at radius 3 is 2.39 bits per heavy atom. The lowest BCUT2D eigenvalue weighted by atomic mass is 10.1. The van der Waals surface area contributed by atoms with Crippen molar-refractivity contribution in [3.63, 3.8) is 0 Å². The van der Waals surface area contributed by atoms with E-state index in [2.05, 4.69) is 27.6 Å². The normalized spacial score (nSPS) is 10.4. The van der Waals surface area contributed by atoms with Crippen molar-refractivity contribution in [1.29, 1.82) is 0 Å². The lowest BCUT2D eigenvalue weighted by Crippen LogP contribution is -2.23. The summed E-state index contributed by atoms with van der Waals surface area (Å²) in [6.45, 7) is 0.253. The third-order valence-corrected chi connectivity index (χ3v) is 3.42.